The van der Waals surface area contributed by atoms with Crippen LogP contribution in [0.5, 0.6) is 0 Å². The van der Waals surface area contributed by atoms with E-state index < -0.39 is 12.0 Å². The van der Waals surface area contributed by atoms with E-state index >= 15 is 0 Å². The molecule has 2 N–H and O–H groups in total. The van der Waals surface area contributed by atoms with E-state index in [2.05, 4.69) is 17.4 Å². The molecule has 0 spiro atoms. The van der Waals surface area contributed by atoms with Crippen LogP contribution in [0.2, 0.25) is 0 Å². The van der Waals surface area contributed by atoms with Crippen molar-refractivity contribution in [3.05, 3.63) is 35.4 Å². The number of hydrogen-bond donors (Lipinski definition) is 2. The van der Waals surface area contributed by atoms with Crippen LogP contribution in [0.15, 0.2) is 24.3 Å². The Hall–Kier alpha value is -1.49. The fourth-order valence-corrected chi connectivity index (χ4v) is 2.52. The molecule has 0 saturated carbocycles. The van der Waals surface area contributed by atoms with Crippen molar-refractivity contribution in [3.63, 3.8) is 0 Å². The zero-order valence-corrected chi connectivity index (χ0v) is 11.1. The highest BCUT2D eigenvalue weighted by Gasteiger charge is 2.15. The van der Waals surface area contributed by atoms with E-state index in [1.165, 1.54) is 11.1 Å². The number of aryl methyl sites for hydroxylation is 1. The van der Waals surface area contributed by atoms with E-state index in [1.54, 1.807) is 11.8 Å². The Morgan fingerprint density at radius 1 is 1.56 bits per heavy atom. The molecule has 98 valence electrons. The summed E-state index contributed by atoms with van der Waals surface area (Å²) in [4.78, 5) is 21.0. The highest BCUT2D eigenvalue weighted by molar-refractivity contribution is 7.98. The number of carboxylic acid groups (broad SMARTS) is 1. The van der Waals surface area contributed by atoms with Crippen LogP contribution in [-0.2, 0) is 15.3 Å². The minimum atomic E-state index is -0.988. The van der Waals surface area contributed by atoms with Crippen LogP contribution in [0.25, 0.3) is 0 Å². The van der Waals surface area contributed by atoms with Gasteiger partial charge in [-0.1, -0.05) is 29.8 Å². The average molecular weight is 267 g/mol. The van der Waals surface area contributed by atoms with Gasteiger partial charge >= 0.3 is 5.97 Å². The average Bonchev–Trinajstić information content (AvgIpc) is 2.33. The first-order chi connectivity index (χ1) is 8.63. The van der Waals surface area contributed by atoms with Gasteiger partial charge in [0.1, 0.15) is 6.04 Å². The maximum Gasteiger partial charge on any atom is 0.326 e. The monoisotopic (exact) mass is 267 g/mol. The summed E-state index contributed by atoms with van der Waals surface area (Å²) in [7, 11) is 0. The van der Waals surface area contributed by atoms with Gasteiger partial charge in [-0.15, -0.1) is 0 Å². The fourth-order valence-electron chi connectivity index (χ4n) is 1.55. The van der Waals surface area contributed by atoms with Crippen LogP contribution in [0.3, 0.4) is 0 Å². The van der Waals surface area contributed by atoms with Crippen molar-refractivity contribution in [1.82, 2.24) is 5.32 Å². The first-order valence-electron chi connectivity index (χ1n) is 5.69. The SMILES string of the molecule is Cc1cccc(CSCCC(NC=O)C(=O)O)c1. The molecule has 0 aliphatic heterocycles. The molecule has 0 bridgehead atoms. The molecule has 0 heterocycles. The van der Waals surface area contributed by atoms with Gasteiger partial charge in [0, 0.05) is 5.75 Å². The van der Waals surface area contributed by atoms with Gasteiger partial charge in [-0.05, 0) is 24.7 Å². The van der Waals surface area contributed by atoms with E-state index in [9.17, 15) is 9.59 Å². The minimum absolute atomic E-state index is 0.435. The van der Waals surface area contributed by atoms with E-state index in [0.29, 0.717) is 18.6 Å². The van der Waals surface area contributed by atoms with E-state index in [-0.39, 0.29) is 0 Å². The van der Waals surface area contributed by atoms with Crippen molar-refractivity contribution < 1.29 is 14.7 Å². The Kier molecular flexibility index (Phi) is 6.28. The van der Waals surface area contributed by atoms with E-state index in [4.69, 9.17) is 5.11 Å². The van der Waals surface area contributed by atoms with Crippen LogP contribution in [0.4, 0.5) is 0 Å². The molecule has 4 nitrogen and oxygen atoms in total. The van der Waals surface area contributed by atoms with Gasteiger partial charge in [-0.2, -0.15) is 11.8 Å². The van der Waals surface area contributed by atoms with Gasteiger partial charge < -0.3 is 10.4 Å². The Balaban J connectivity index is 2.29. The molecule has 0 aromatic heterocycles. The molecule has 0 radical (unpaired) electrons. The number of nitrogens with one attached hydrogen (secondary N) is 1. The summed E-state index contributed by atoms with van der Waals surface area (Å²) in [6, 6.07) is 7.44. The van der Waals surface area contributed by atoms with Gasteiger partial charge in [-0.25, -0.2) is 4.79 Å². The topological polar surface area (TPSA) is 66.4 Å². The first kappa shape index (κ1) is 14.6. The third kappa shape index (κ3) is 5.23. The fraction of sp³-hybridized carbons (Fsp3) is 0.385. The molecule has 0 aliphatic carbocycles. The molecule has 1 atom stereocenters. The minimum Gasteiger partial charge on any atom is -0.480 e. The number of rotatable bonds is 8. The zero-order valence-electron chi connectivity index (χ0n) is 10.3. The number of carbonyl (C=O) groups excluding carboxylic acids is 1. The Morgan fingerprint density at radius 3 is 2.94 bits per heavy atom. The molecule has 1 unspecified atom stereocenters. The van der Waals surface area contributed by atoms with Gasteiger partial charge in [0.05, 0.1) is 0 Å². The Labute approximate surface area is 111 Å². The summed E-state index contributed by atoms with van der Waals surface area (Å²) in [6.07, 6.45) is 0.870. The van der Waals surface area contributed by atoms with Crippen molar-refractivity contribution >= 4 is 24.1 Å². The lowest BCUT2D eigenvalue weighted by molar-refractivity contribution is -0.140. The molecule has 18 heavy (non-hydrogen) atoms. The molecule has 1 aromatic carbocycles. The lowest BCUT2D eigenvalue weighted by Crippen LogP contribution is -2.36. The maximum absolute atomic E-state index is 10.8. The predicted octanol–water partition coefficient (Wildman–Crippen LogP) is 1.82. The summed E-state index contributed by atoms with van der Waals surface area (Å²) in [5.41, 5.74) is 2.45. The van der Waals surface area contributed by atoms with Gasteiger partial charge in [0.15, 0.2) is 0 Å². The second kappa shape index (κ2) is 7.76. The molecule has 0 saturated heterocycles. The highest BCUT2D eigenvalue weighted by Crippen LogP contribution is 2.15. The van der Waals surface area contributed by atoms with Crippen LogP contribution >= 0.6 is 11.8 Å². The Bertz CT molecular complexity index is 409. The van der Waals surface area contributed by atoms with Crippen LogP contribution < -0.4 is 5.32 Å². The van der Waals surface area contributed by atoms with Crippen molar-refractivity contribution in [2.75, 3.05) is 5.75 Å². The molecule has 5 heteroatoms. The Morgan fingerprint density at radius 2 is 2.33 bits per heavy atom. The lowest BCUT2D eigenvalue weighted by atomic mass is 10.2. The second-order valence-electron chi connectivity index (χ2n) is 4.01. The smallest absolute Gasteiger partial charge is 0.326 e. The quantitative estimate of drug-likeness (QED) is 0.557. The van der Waals surface area contributed by atoms with Gasteiger partial charge in [0.2, 0.25) is 6.41 Å². The second-order valence-corrected chi connectivity index (χ2v) is 5.11. The van der Waals surface area contributed by atoms with Crippen molar-refractivity contribution in [1.29, 1.82) is 0 Å². The van der Waals surface area contributed by atoms with Crippen LogP contribution in [-0.4, -0.2) is 29.3 Å². The first-order valence-corrected chi connectivity index (χ1v) is 6.84. The molecule has 0 fully saturated rings. The number of benzene rings is 1. The highest BCUT2D eigenvalue weighted by atomic mass is 32.2. The van der Waals surface area contributed by atoms with Crippen molar-refractivity contribution in [2.45, 2.75) is 25.1 Å². The van der Waals surface area contributed by atoms with Crippen molar-refractivity contribution in [2.24, 2.45) is 0 Å². The van der Waals surface area contributed by atoms with Crippen LogP contribution in [0, 0.1) is 6.92 Å². The predicted molar refractivity (Wildman–Crippen MR) is 72.6 cm³/mol. The van der Waals surface area contributed by atoms with Crippen LogP contribution in [0.1, 0.15) is 17.5 Å². The number of thioether (sulfide) groups is 1. The molecule has 1 aromatic rings. The number of carbonyl (C=O) groups is 2. The zero-order chi connectivity index (χ0) is 13.4. The number of aliphatic carboxylic acids is 1. The molecule has 0 aliphatic rings. The molecule has 1 rings (SSSR count). The third-order valence-electron chi connectivity index (χ3n) is 2.47. The number of carboxylic acids is 1. The summed E-state index contributed by atoms with van der Waals surface area (Å²) in [6.45, 7) is 2.04. The van der Waals surface area contributed by atoms with Crippen molar-refractivity contribution in [3.8, 4) is 0 Å². The van der Waals surface area contributed by atoms with E-state index in [1.807, 2.05) is 19.1 Å². The summed E-state index contributed by atoms with van der Waals surface area (Å²) in [5, 5.41) is 11.1. The molecular formula is C13H17NO3S. The standard InChI is InChI=1S/C13H17NO3S/c1-10-3-2-4-11(7-10)8-18-6-5-12(13(16)17)14-9-15/h2-4,7,9,12H,5-6,8H2,1H3,(H,14,15)(H,16,17). The third-order valence-corrected chi connectivity index (χ3v) is 3.53. The van der Waals surface area contributed by atoms with Gasteiger partial charge in [-0.3, -0.25) is 4.79 Å². The van der Waals surface area contributed by atoms with Gasteiger partial charge in [0.25, 0.3) is 0 Å². The summed E-state index contributed by atoms with van der Waals surface area (Å²) < 4.78 is 0. The summed E-state index contributed by atoms with van der Waals surface area (Å²) in [5.74, 6) is 0.569. The lowest BCUT2D eigenvalue weighted by Gasteiger charge is -2.10. The number of amides is 1. The maximum atomic E-state index is 10.8. The number of hydrogen-bond acceptors (Lipinski definition) is 3. The van der Waals surface area contributed by atoms with E-state index in [0.717, 1.165) is 5.75 Å². The normalized spacial score (nSPS) is 11.8. The largest absolute Gasteiger partial charge is 0.480 e. The molecule has 1 amide bonds. The summed E-state index contributed by atoms with van der Waals surface area (Å²) >= 11 is 1.67. The molecular weight excluding hydrogens is 250 g/mol.